The summed E-state index contributed by atoms with van der Waals surface area (Å²) in [6, 6.07) is 2.42. The van der Waals surface area contributed by atoms with Crippen molar-refractivity contribution in [2.24, 2.45) is 0 Å². The van der Waals surface area contributed by atoms with E-state index in [4.69, 9.17) is 0 Å². The maximum Gasteiger partial charge on any atom is 0.254 e. The van der Waals surface area contributed by atoms with Crippen LogP contribution >= 0.6 is 0 Å². The first kappa shape index (κ1) is 13.8. The number of benzene rings is 1. The average molecular weight is 268 g/mol. The van der Waals surface area contributed by atoms with Crippen LogP contribution < -0.4 is 5.32 Å². The van der Waals surface area contributed by atoms with Gasteiger partial charge < -0.3 is 10.2 Å². The van der Waals surface area contributed by atoms with Crippen LogP contribution in [-0.2, 0) is 0 Å². The summed E-state index contributed by atoms with van der Waals surface area (Å²) in [6.45, 7) is 2.40. The molecular weight excluding hydrogens is 250 g/mol. The second-order valence-electron chi connectivity index (χ2n) is 4.89. The Hall–Kier alpha value is -1.65. The number of amides is 1. The molecule has 1 amide bonds. The lowest BCUT2D eigenvalue weighted by molar-refractivity contribution is 0.0784. The van der Waals surface area contributed by atoms with E-state index in [1.165, 1.54) is 0 Å². The van der Waals surface area contributed by atoms with Crippen molar-refractivity contribution < 1.29 is 13.6 Å². The SMILES string of the molecule is CCCNc1c(F)cc(C(=O)N(C)C2CC2)cc1F. The number of rotatable bonds is 5. The summed E-state index contributed by atoms with van der Waals surface area (Å²) in [5, 5.41) is 2.69. The van der Waals surface area contributed by atoms with Gasteiger partial charge in [0, 0.05) is 25.2 Å². The van der Waals surface area contributed by atoms with Crippen LogP contribution in [0.25, 0.3) is 0 Å². The van der Waals surface area contributed by atoms with E-state index in [0.717, 1.165) is 31.4 Å². The Kier molecular flexibility index (Phi) is 4.02. The molecule has 19 heavy (non-hydrogen) atoms. The summed E-state index contributed by atoms with van der Waals surface area (Å²) in [6.07, 6.45) is 2.69. The minimum atomic E-state index is -0.721. The van der Waals surface area contributed by atoms with E-state index in [0.29, 0.717) is 6.54 Å². The van der Waals surface area contributed by atoms with Gasteiger partial charge in [0.15, 0.2) is 0 Å². The number of hydrogen-bond acceptors (Lipinski definition) is 2. The Balaban J connectivity index is 2.20. The minimum absolute atomic E-state index is 0.0615. The first-order valence-electron chi connectivity index (χ1n) is 6.54. The highest BCUT2D eigenvalue weighted by Gasteiger charge is 2.30. The number of hydrogen-bond donors (Lipinski definition) is 1. The van der Waals surface area contributed by atoms with Gasteiger partial charge in [0.2, 0.25) is 0 Å². The van der Waals surface area contributed by atoms with Gasteiger partial charge in [0.1, 0.15) is 17.3 Å². The van der Waals surface area contributed by atoms with Crippen molar-refractivity contribution >= 4 is 11.6 Å². The van der Waals surface area contributed by atoms with Crippen molar-refractivity contribution in [3.8, 4) is 0 Å². The van der Waals surface area contributed by atoms with Crippen molar-refractivity contribution in [2.75, 3.05) is 18.9 Å². The molecule has 2 rings (SSSR count). The van der Waals surface area contributed by atoms with Crippen LogP contribution in [0, 0.1) is 11.6 Å². The van der Waals surface area contributed by atoms with Crippen molar-refractivity contribution in [2.45, 2.75) is 32.2 Å². The topological polar surface area (TPSA) is 32.3 Å². The Bertz CT molecular complexity index is 463. The van der Waals surface area contributed by atoms with E-state index in [-0.39, 0.29) is 23.2 Å². The van der Waals surface area contributed by atoms with Gasteiger partial charge in [0.05, 0.1) is 0 Å². The summed E-state index contributed by atoms with van der Waals surface area (Å²) in [5.41, 5.74) is -0.0982. The fourth-order valence-corrected chi connectivity index (χ4v) is 1.95. The molecule has 0 heterocycles. The highest BCUT2D eigenvalue weighted by Crippen LogP contribution is 2.28. The standard InChI is InChI=1S/C14H18F2N2O/c1-3-6-17-13-11(15)7-9(8-12(13)16)14(19)18(2)10-4-5-10/h7-8,10,17H,3-6H2,1-2H3. The second-order valence-corrected chi connectivity index (χ2v) is 4.89. The quantitative estimate of drug-likeness (QED) is 0.890. The molecule has 1 aliphatic carbocycles. The largest absolute Gasteiger partial charge is 0.380 e. The van der Waals surface area contributed by atoms with Crippen LogP contribution in [0.1, 0.15) is 36.5 Å². The summed E-state index contributed by atoms with van der Waals surface area (Å²) in [4.78, 5) is 13.6. The van der Waals surface area contributed by atoms with E-state index >= 15 is 0 Å². The third kappa shape index (κ3) is 3.03. The zero-order chi connectivity index (χ0) is 14.0. The van der Waals surface area contributed by atoms with Crippen LogP contribution in [-0.4, -0.2) is 30.4 Å². The maximum atomic E-state index is 13.8. The van der Waals surface area contributed by atoms with E-state index < -0.39 is 11.6 Å². The molecule has 5 heteroatoms. The van der Waals surface area contributed by atoms with Crippen LogP contribution in [0.2, 0.25) is 0 Å². The van der Waals surface area contributed by atoms with Gasteiger partial charge in [-0.2, -0.15) is 0 Å². The van der Waals surface area contributed by atoms with Crippen LogP contribution in [0.4, 0.5) is 14.5 Å². The molecule has 1 fully saturated rings. The van der Waals surface area contributed by atoms with Gasteiger partial charge in [0.25, 0.3) is 5.91 Å². The third-order valence-electron chi connectivity index (χ3n) is 3.26. The first-order chi connectivity index (χ1) is 9.04. The number of carbonyl (C=O) groups excluding carboxylic acids is 1. The highest BCUT2D eigenvalue weighted by molar-refractivity contribution is 5.94. The van der Waals surface area contributed by atoms with Crippen molar-refractivity contribution in [1.82, 2.24) is 4.90 Å². The van der Waals surface area contributed by atoms with E-state index in [2.05, 4.69) is 5.32 Å². The minimum Gasteiger partial charge on any atom is -0.380 e. The van der Waals surface area contributed by atoms with E-state index in [1.807, 2.05) is 6.92 Å². The molecule has 0 bridgehead atoms. The summed E-state index contributed by atoms with van der Waals surface area (Å²) < 4.78 is 27.6. The zero-order valence-corrected chi connectivity index (χ0v) is 11.2. The molecule has 104 valence electrons. The Morgan fingerprint density at radius 3 is 2.42 bits per heavy atom. The predicted molar refractivity (Wildman–Crippen MR) is 70.3 cm³/mol. The predicted octanol–water partition coefficient (Wildman–Crippen LogP) is 3.02. The molecule has 0 radical (unpaired) electrons. The molecule has 1 saturated carbocycles. The molecule has 0 aliphatic heterocycles. The molecule has 1 aliphatic rings. The molecule has 0 spiro atoms. The molecule has 0 unspecified atom stereocenters. The highest BCUT2D eigenvalue weighted by atomic mass is 19.1. The van der Waals surface area contributed by atoms with Gasteiger partial charge in [-0.3, -0.25) is 4.79 Å². The Labute approximate surface area is 111 Å². The van der Waals surface area contributed by atoms with Gasteiger partial charge >= 0.3 is 0 Å². The number of nitrogens with zero attached hydrogens (tertiary/aromatic N) is 1. The molecule has 1 N–H and O–H groups in total. The summed E-state index contributed by atoms with van der Waals surface area (Å²) >= 11 is 0. The lowest BCUT2D eigenvalue weighted by Crippen LogP contribution is -2.29. The molecule has 0 saturated heterocycles. The fraction of sp³-hybridized carbons (Fsp3) is 0.500. The second kappa shape index (κ2) is 5.55. The molecule has 3 nitrogen and oxygen atoms in total. The lowest BCUT2D eigenvalue weighted by atomic mass is 10.1. The Morgan fingerprint density at radius 2 is 1.95 bits per heavy atom. The van der Waals surface area contributed by atoms with Gasteiger partial charge in [-0.15, -0.1) is 0 Å². The van der Waals surface area contributed by atoms with Crippen LogP contribution in [0.3, 0.4) is 0 Å². The Morgan fingerprint density at radius 1 is 1.37 bits per heavy atom. The van der Waals surface area contributed by atoms with Gasteiger partial charge in [-0.05, 0) is 31.4 Å². The third-order valence-corrected chi connectivity index (χ3v) is 3.26. The first-order valence-corrected chi connectivity index (χ1v) is 6.54. The number of nitrogens with one attached hydrogen (secondary N) is 1. The summed E-state index contributed by atoms with van der Waals surface area (Å²) in [7, 11) is 1.67. The molecular formula is C14H18F2N2O. The zero-order valence-electron chi connectivity index (χ0n) is 11.2. The number of anilines is 1. The monoisotopic (exact) mass is 268 g/mol. The van der Waals surface area contributed by atoms with E-state index in [1.54, 1.807) is 11.9 Å². The van der Waals surface area contributed by atoms with Crippen LogP contribution in [0.5, 0.6) is 0 Å². The number of carbonyl (C=O) groups is 1. The van der Waals surface area contributed by atoms with Crippen LogP contribution in [0.15, 0.2) is 12.1 Å². The van der Waals surface area contributed by atoms with Gasteiger partial charge in [-0.25, -0.2) is 8.78 Å². The van der Waals surface area contributed by atoms with Gasteiger partial charge in [-0.1, -0.05) is 6.92 Å². The average Bonchev–Trinajstić information content (AvgIpc) is 3.20. The summed E-state index contributed by atoms with van der Waals surface area (Å²) in [5.74, 6) is -1.77. The lowest BCUT2D eigenvalue weighted by Gasteiger charge is -2.17. The maximum absolute atomic E-state index is 13.8. The molecule has 0 aromatic heterocycles. The smallest absolute Gasteiger partial charge is 0.254 e. The molecule has 1 aromatic carbocycles. The molecule has 0 atom stereocenters. The fourth-order valence-electron chi connectivity index (χ4n) is 1.95. The van der Waals surface area contributed by atoms with Crippen molar-refractivity contribution in [3.63, 3.8) is 0 Å². The van der Waals surface area contributed by atoms with Crippen molar-refractivity contribution in [3.05, 3.63) is 29.3 Å². The number of halogens is 2. The van der Waals surface area contributed by atoms with Crippen molar-refractivity contribution in [1.29, 1.82) is 0 Å². The molecule has 1 aromatic rings. The van der Waals surface area contributed by atoms with E-state index in [9.17, 15) is 13.6 Å². The normalized spacial score (nSPS) is 14.3.